The number of aliphatic hydroxyl groups excluding tert-OH is 1. The van der Waals surface area contributed by atoms with E-state index in [4.69, 9.17) is 23.7 Å². The highest BCUT2D eigenvalue weighted by Gasteiger charge is 2.34. The van der Waals surface area contributed by atoms with Crippen molar-refractivity contribution in [3.63, 3.8) is 0 Å². The zero-order valence-corrected chi connectivity index (χ0v) is 29.9. The third-order valence-electron chi connectivity index (χ3n) is 8.51. The van der Waals surface area contributed by atoms with Gasteiger partial charge in [-0.1, -0.05) is 41.5 Å². The Kier molecular flexibility index (Phi) is 17.3. The first-order chi connectivity index (χ1) is 22.2. The van der Waals surface area contributed by atoms with E-state index in [0.717, 1.165) is 18.4 Å². The molecule has 47 heavy (non-hydrogen) atoms. The van der Waals surface area contributed by atoms with Crippen molar-refractivity contribution >= 4 is 18.0 Å². The molecule has 0 aliphatic heterocycles. The molecule has 2 amide bonds. The van der Waals surface area contributed by atoms with E-state index in [1.807, 2.05) is 19.9 Å². The summed E-state index contributed by atoms with van der Waals surface area (Å²) in [6.07, 6.45) is 2.84. The largest absolute Gasteiger partial charge is 0.488 e. The molecular weight excluding hydrogens is 606 g/mol. The van der Waals surface area contributed by atoms with E-state index in [-0.39, 0.29) is 36.0 Å². The lowest BCUT2D eigenvalue weighted by atomic mass is 9.80. The number of pyridine rings is 1. The van der Waals surface area contributed by atoms with Crippen LogP contribution in [-0.2, 0) is 30.2 Å². The van der Waals surface area contributed by atoms with Gasteiger partial charge in [0.2, 0.25) is 12.2 Å². The van der Waals surface area contributed by atoms with Gasteiger partial charge in [-0.2, -0.15) is 0 Å². The van der Waals surface area contributed by atoms with Crippen molar-refractivity contribution < 1.29 is 43.2 Å². The molecule has 1 aromatic rings. The monoisotopic (exact) mass is 665 g/mol. The summed E-state index contributed by atoms with van der Waals surface area (Å²) >= 11 is 0. The Balaban J connectivity index is 2.26. The van der Waals surface area contributed by atoms with Crippen molar-refractivity contribution in [2.24, 2.45) is 35.5 Å². The Morgan fingerprint density at radius 3 is 2.26 bits per heavy atom. The highest BCUT2D eigenvalue weighted by atomic mass is 16.7. The maximum atomic E-state index is 13.1. The molecule has 12 nitrogen and oxygen atoms in total. The van der Waals surface area contributed by atoms with Crippen LogP contribution in [0.2, 0.25) is 0 Å². The van der Waals surface area contributed by atoms with Crippen molar-refractivity contribution in [3.05, 3.63) is 17.8 Å². The Morgan fingerprint density at radius 2 is 1.68 bits per heavy atom. The molecular formula is C35H59N3O9. The zero-order chi connectivity index (χ0) is 35.1. The molecule has 0 radical (unpaired) electrons. The number of nitrogens with one attached hydrogen (secondary N) is 2. The second-order valence-electron chi connectivity index (χ2n) is 13.6. The fraction of sp³-hybridized carbons (Fsp3) is 0.771. The Hall–Kier alpha value is -3.12. The van der Waals surface area contributed by atoms with Crippen LogP contribution in [0, 0.1) is 35.5 Å². The molecule has 1 saturated carbocycles. The van der Waals surface area contributed by atoms with Crippen LogP contribution >= 0.6 is 0 Å². The van der Waals surface area contributed by atoms with Crippen molar-refractivity contribution in [3.8, 4) is 11.6 Å². The number of methoxy groups -OCH3 is 2. The lowest BCUT2D eigenvalue weighted by molar-refractivity contribution is -0.168. The number of carbonyl (C=O) groups excluding carboxylic acids is 3. The highest BCUT2D eigenvalue weighted by Crippen LogP contribution is 2.31. The molecule has 1 aromatic heterocycles. The van der Waals surface area contributed by atoms with E-state index in [1.165, 1.54) is 6.92 Å². The summed E-state index contributed by atoms with van der Waals surface area (Å²) in [5.74, 6) is 0.153. The van der Waals surface area contributed by atoms with Crippen LogP contribution in [0.3, 0.4) is 0 Å². The first-order valence-electron chi connectivity index (χ1n) is 17.0. The maximum absolute atomic E-state index is 13.1. The number of esters is 1. The van der Waals surface area contributed by atoms with Crippen LogP contribution in [-0.4, -0.2) is 80.5 Å². The van der Waals surface area contributed by atoms with Gasteiger partial charge in [-0.15, -0.1) is 0 Å². The smallest absolute Gasteiger partial charge is 0.410 e. The van der Waals surface area contributed by atoms with Crippen molar-refractivity contribution in [2.45, 2.75) is 105 Å². The summed E-state index contributed by atoms with van der Waals surface area (Å²) in [6, 6.07) is 1.15. The summed E-state index contributed by atoms with van der Waals surface area (Å²) in [5, 5.41) is 17.5. The number of ether oxygens (including phenoxy) is 5. The number of aromatic nitrogens is 1. The molecule has 0 bridgehead atoms. The van der Waals surface area contributed by atoms with E-state index >= 15 is 0 Å². The number of alkyl carbamates (subject to hydrolysis) is 1. The summed E-state index contributed by atoms with van der Waals surface area (Å²) in [7, 11) is 3.18. The van der Waals surface area contributed by atoms with Crippen LogP contribution in [0.1, 0.15) is 86.1 Å². The van der Waals surface area contributed by atoms with Gasteiger partial charge in [0.25, 0.3) is 5.88 Å². The van der Waals surface area contributed by atoms with Crippen molar-refractivity contribution in [1.82, 2.24) is 15.6 Å². The van der Waals surface area contributed by atoms with Gasteiger partial charge in [-0.25, -0.2) is 9.78 Å². The quantitative estimate of drug-likeness (QED) is 0.0885. The molecule has 2 rings (SSSR count). The van der Waals surface area contributed by atoms with Gasteiger partial charge in [0.1, 0.15) is 0 Å². The minimum absolute atomic E-state index is 0.0103. The number of aliphatic hydroxyl groups is 1. The number of amides is 2. The van der Waals surface area contributed by atoms with E-state index < -0.39 is 36.4 Å². The predicted octanol–water partition coefficient (Wildman–Crippen LogP) is 4.90. The fourth-order valence-corrected chi connectivity index (χ4v) is 5.22. The Labute approximate surface area is 281 Å². The Morgan fingerprint density at radius 1 is 0.979 bits per heavy atom. The van der Waals surface area contributed by atoms with Crippen LogP contribution < -0.4 is 20.1 Å². The molecule has 1 aliphatic rings. The molecule has 1 unspecified atom stereocenters. The van der Waals surface area contributed by atoms with Crippen molar-refractivity contribution in [2.75, 3.05) is 34.0 Å². The van der Waals surface area contributed by atoms with Gasteiger partial charge in [-0.05, 0) is 67.4 Å². The Bertz CT molecular complexity index is 1110. The second-order valence-corrected chi connectivity index (χ2v) is 13.6. The first kappa shape index (κ1) is 40.1. The molecule has 1 aliphatic carbocycles. The molecule has 268 valence electrons. The number of rotatable bonds is 22. The molecule has 0 spiro atoms. The third-order valence-corrected chi connectivity index (χ3v) is 8.51. The van der Waals surface area contributed by atoms with Crippen LogP contribution in [0.5, 0.6) is 11.6 Å². The third kappa shape index (κ3) is 14.7. The lowest BCUT2D eigenvalue weighted by Crippen LogP contribution is -2.48. The van der Waals surface area contributed by atoms with E-state index in [9.17, 15) is 19.5 Å². The van der Waals surface area contributed by atoms with Gasteiger partial charge in [0, 0.05) is 45.7 Å². The molecule has 0 aromatic carbocycles. The number of hydrogen-bond acceptors (Lipinski definition) is 10. The highest BCUT2D eigenvalue weighted by molar-refractivity contribution is 5.79. The molecule has 3 N–H and O–H groups in total. The topological polar surface area (TPSA) is 155 Å². The molecule has 12 heteroatoms. The molecule has 1 heterocycles. The SMILES string of the molecule is COCCCOc1cc(C[C@H](C[C@H](NC(=O)OC(C)OC(=O)C(C)C)[C@H](O)C[C@H](C(=O)NCC2CC2)C(C)C)C(C)C)cnc1OC. The molecule has 1 fully saturated rings. The predicted molar refractivity (Wildman–Crippen MR) is 178 cm³/mol. The normalized spacial score (nSPS) is 16.3. The van der Waals surface area contributed by atoms with Gasteiger partial charge < -0.3 is 39.4 Å². The van der Waals surface area contributed by atoms with E-state index in [1.54, 1.807) is 34.3 Å². The van der Waals surface area contributed by atoms with E-state index in [2.05, 4.69) is 29.5 Å². The first-order valence-corrected chi connectivity index (χ1v) is 17.0. The maximum Gasteiger partial charge on any atom is 0.410 e. The zero-order valence-electron chi connectivity index (χ0n) is 29.9. The van der Waals surface area contributed by atoms with Gasteiger partial charge >= 0.3 is 12.1 Å². The van der Waals surface area contributed by atoms with Crippen LogP contribution in [0.25, 0.3) is 0 Å². The number of hydrogen-bond donors (Lipinski definition) is 3. The van der Waals surface area contributed by atoms with Gasteiger partial charge in [-0.3, -0.25) is 9.59 Å². The van der Waals surface area contributed by atoms with Crippen molar-refractivity contribution in [1.29, 1.82) is 0 Å². The second kappa shape index (κ2) is 20.3. The molecule has 5 atom stereocenters. The summed E-state index contributed by atoms with van der Waals surface area (Å²) in [6.45, 7) is 14.6. The average Bonchev–Trinajstić information content (AvgIpc) is 3.84. The standard InChI is InChI=1S/C35H59N3O9/c1-21(2)27(15-26-16-31(33(44-9)37-20-26)45-14-10-13-43-8)17-29(38-35(42)47-24(7)46-34(41)23(5)6)30(39)18-28(22(3)4)32(40)36-19-25-11-12-25/h16,20-25,27-30,39H,10-15,17-19H2,1-9H3,(H,36,40)(H,38,42)/t24?,27-,28+,29+,30-/m1/s1. The van der Waals surface area contributed by atoms with Crippen LogP contribution in [0.15, 0.2) is 12.3 Å². The number of carbonyl (C=O) groups is 3. The fourth-order valence-electron chi connectivity index (χ4n) is 5.22. The summed E-state index contributed by atoms with van der Waals surface area (Å²) < 4.78 is 27.0. The van der Waals surface area contributed by atoms with Gasteiger partial charge in [0.15, 0.2) is 5.75 Å². The summed E-state index contributed by atoms with van der Waals surface area (Å²) in [5.41, 5.74) is 0.913. The minimum Gasteiger partial charge on any atom is -0.488 e. The number of nitrogens with zero attached hydrogens (tertiary/aromatic N) is 1. The minimum atomic E-state index is -1.12. The average molecular weight is 666 g/mol. The van der Waals surface area contributed by atoms with Crippen LogP contribution in [0.4, 0.5) is 4.79 Å². The van der Waals surface area contributed by atoms with Gasteiger partial charge in [0.05, 0.1) is 31.8 Å². The van der Waals surface area contributed by atoms with E-state index in [0.29, 0.717) is 56.6 Å². The molecule has 0 saturated heterocycles. The summed E-state index contributed by atoms with van der Waals surface area (Å²) in [4.78, 5) is 42.7. The lowest BCUT2D eigenvalue weighted by Gasteiger charge is -2.32.